The summed E-state index contributed by atoms with van der Waals surface area (Å²) in [4.78, 5) is 28.4. The van der Waals surface area contributed by atoms with Crippen LogP contribution in [0.1, 0.15) is 76.8 Å². The number of carbonyl (C=O) groups is 1. The summed E-state index contributed by atoms with van der Waals surface area (Å²) in [5.74, 6) is 0.801. The number of hydrogen-bond acceptors (Lipinski definition) is 7. The summed E-state index contributed by atoms with van der Waals surface area (Å²) in [5.41, 5.74) is 5.20. The molecule has 1 aliphatic carbocycles. The van der Waals surface area contributed by atoms with E-state index in [1.165, 1.54) is 11.1 Å². The molecule has 0 saturated carbocycles. The SMILES string of the molecule is CCN(CC)c1ccc2c(c1)OC1=C(CCCC1=Cc1c(O)c3ccc(N(CC)CCCCCC(=O)O)cc3oc1=O)C2. The fraction of sp³-hybridized carbons (Fsp3) is 0.429. The van der Waals surface area contributed by atoms with E-state index in [0.717, 1.165) is 93.2 Å². The second kappa shape index (κ2) is 13.4. The number of hydrogen-bond donors (Lipinski definition) is 2. The molecule has 0 amide bonds. The Bertz CT molecular complexity index is 1610. The highest BCUT2D eigenvalue weighted by Crippen LogP contribution is 2.42. The molecule has 5 rings (SSSR count). The third kappa shape index (κ3) is 6.58. The van der Waals surface area contributed by atoms with Crippen molar-refractivity contribution >= 4 is 34.4 Å². The van der Waals surface area contributed by atoms with E-state index in [9.17, 15) is 14.7 Å². The zero-order valence-corrected chi connectivity index (χ0v) is 25.4. The minimum Gasteiger partial charge on any atom is -0.506 e. The van der Waals surface area contributed by atoms with Crippen LogP contribution >= 0.6 is 0 Å². The first-order chi connectivity index (χ1) is 20.8. The number of allylic oxidation sites excluding steroid dienone is 2. The predicted molar refractivity (Wildman–Crippen MR) is 171 cm³/mol. The standard InChI is InChI=1S/C35H42N2O6/c1-4-36(5-2)26-15-14-23-19-24-11-10-12-25(34(24)42-30(23)21-26)20-29-33(40)28-17-16-27(22-31(28)43-35(29)41)37(6-3)18-9-7-8-13-32(38)39/h14-17,20-22,40H,4-13,18-19H2,1-3H3,(H,38,39). The number of nitrogens with zero attached hydrogens (tertiary/aromatic N) is 2. The van der Waals surface area contributed by atoms with Gasteiger partial charge in [-0.25, -0.2) is 4.79 Å². The van der Waals surface area contributed by atoms with Crippen molar-refractivity contribution < 1.29 is 24.2 Å². The number of anilines is 2. The van der Waals surface area contributed by atoms with Gasteiger partial charge in [-0.3, -0.25) is 4.79 Å². The lowest BCUT2D eigenvalue weighted by atomic mass is 9.86. The normalized spacial score (nSPS) is 15.3. The van der Waals surface area contributed by atoms with Crippen LogP contribution in [0, 0.1) is 0 Å². The summed E-state index contributed by atoms with van der Waals surface area (Å²) in [7, 11) is 0. The first kappa shape index (κ1) is 30.3. The van der Waals surface area contributed by atoms with E-state index in [2.05, 4.69) is 41.8 Å². The molecule has 8 nitrogen and oxygen atoms in total. The molecular weight excluding hydrogens is 544 g/mol. The van der Waals surface area contributed by atoms with Crippen molar-refractivity contribution in [2.75, 3.05) is 36.0 Å². The summed E-state index contributed by atoms with van der Waals surface area (Å²) >= 11 is 0. The van der Waals surface area contributed by atoms with E-state index in [4.69, 9.17) is 14.3 Å². The molecule has 3 aromatic rings. The molecule has 0 bridgehead atoms. The molecular formula is C35H42N2O6. The minimum atomic E-state index is -0.770. The molecule has 2 aromatic carbocycles. The fourth-order valence-corrected chi connectivity index (χ4v) is 6.21. The molecule has 2 aliphatic rings. The first-order valence-electron chi connectivity index (χ1n) is 15.6. The zero-order valence-electron chi connectivity index (χ0n) is 25.4. The van der Waals surface area contributed by atoms with Crippen molar-refractivity contribution in [3.63, 3.8) is 0 Å². The molecule has 1 aliphatic heterocycles. The Labute approximate surface area is 252 Å². The number of unbranched alkanes of at least 4 members (excludes halogenated alkanes) is 2. The van der Waals surface area contributed by atoms with Gasteiger partial charge in [-0.05, 0) is 93.9 Å². The number of rotatable bonds is 12. The minimum absolute atomic E-state index is 0.0882. The Balaban J connectivity index is 1.40. The number of aliphatic carboxylic acids is 1. The van der Waals surface area contributed by atoms with Crippen molar-refractivity contribution in [2.24, 2.45) is 0 Å². The maximum atomic E-state index is 13.2. The largest absolute Gasteiger partial charge is 0.506 e. The van der Waals surface area contributed by atoms with E-state index in [0.29, 0.717) is 17.4 Å². The molecule has 0 saturated heterocycles. The number of fused-ring (bicyclic) bond motifs is 2. The molecule has 0 unspecified atom stereocenters. The Hall–Kier alpha value is -4.20. The van der Waals surface area contributed by atoms with Gasteiger partial charge in [-0.15, -0.1) is 0 Å². The van der Waals surface area contributed by atoms with Gasteiger partial charge < -0.3 is 29.2 Å². The second-order valence-corrected chi connectivity index (χ2v) is 11.3. The Kier molecular flexibility index (Phi) is 9.43. The summed E-state index contributed by atoms with van der Waals surface area (Å²) in [6.07, 6.45) is 7.73. The number of benzene rings is 2. The average molecular weight is 587 g/mol. The molecule has 8 heteroatoms. The zero-order chi connectivity index (χ0) is 30.5. The lowest BCUT2D eigenvalue weighted by Gasteiger charge is -2.30. The number of aromatic hydroxyl groups is 1. The highest BCUT2D eigenvalue weighted by atomic mass is 16.5. The summed E-state index contributed by atoms with van der Waals surface area (Å²) in [5, 5.41) is 20.6. The van der Waals surface area contributed by atoms with Crippen LogP contribution < -0.4 is 20.2 Å². The maximum absolute atomic E-state index is 13.2. The molecule has 2 N–H and O–H groups in total. The number of carboxylic acid groups (broad SMARTS) is 1. The van der Waals surface area contributed by atoms with Gasteiger partial charge in [0.2, 0.25) is 0 Å². The van der Waals surface area contributed by atoms with Crippen LogP contribution in [-0.4, -0.2) is 42.4 Å². The van der Waals surface area contributed by atoms with Crippen LogP contribution in [0.2, 0.25) is 0 Å². The van der Waals surface area contributed by atoms with Crippen molar-refractivity contribution in [3.05, 3.63) is 74.9 Å². The lowest BCUT2D eigenvalue weighted by molar-refractivity contribution is -0.137. The quantitative estimate of drug-likeness (QED) is 0.169. The summed E-state index contributed by atoms with van der Waals surface area (Å²) < 4.78 is 12.3. The smallest absolute Gasteiger partial charge is 0.347 e. The molecule has 1 aromatic heterocycles. The predicted octanol–water partition coefficient (Wildman–Crippen LogP) is 7.27. The van der Waals surface area contributed by atoms with Crippen LogP contribution in [0.4, 0.5) is 11.4 Å². The fourth-order valence-electron chi connectivity index (χ4n) is 6.21. The molecule has 0 atom stereocenters. The Morgan fingerprint density at radius 2 is 1.70 bits per heavy atom. The van der Waals surface area contributed by atoms with Crippen LogP contribution in [-0.2, 0) is 11.2 Å². The third-order valence-electron chi connectivity index (χ3n) is 8.61. The van der Waals surface area contributed by atoms with Gasteiger partial charge in [0.25, 0.3) is 0 Å². The number of carboxylic acids is 1. The highest BCUT2D eigenvalue weighted by molar-refractivity contribution is 5.89. The number of ether oxygens (including phenoxy) is 1. The van der Waals surface area contributed by atoms with Gasteiger partial charge in [-0.1, -0.05) is 12.5 Å². The third-order valence-corrected chi connectivity index (χ3v) is 8.61. The van der Waals surface area contributed by atoms with E-state index in [1.54, 1.807) is 18.2 Å². The Morgan fingerprint density at radius 3 is 2.44 bits per heavy atom. The van der Waals surface area contributed by atoms with Crippen molar-refractivity contribution in [1.82, 2.24) is 0 Å². The van der Waals surface area contributed by atoms with Gasteiger partial charge in [0.1, 0.15) is 28.4 Å². The van der Waals surface area contributed by atoms with Crippen molar-refractivity contribution in [2.45, 2.75) is 72.1 Å². The van der Waals surface area contributed by atoms with E-state index in [-0.39, 0.29) is 17.7 Å². The monoisotopic (exact) mass is 586 g/mol. The van der Waals surface area contributed by atoms with Gasteiger partial charge >= 0.3 is 11.6 Å². The molecule has 228 valence electrons. The highest BCUT2D eigenvalue weighted by Gasteiger charge is 2.27. The van der Waals surface area contributed by atoms with Gasteiger partial charge in [0.15, 0.2) is 0 Å². The molecule has 0 spiro atoms. The van der Waals surface area contributed by atoms with Gasteiger partial charge in [0, 0.05) is 62.5 Å². The molecule has 0 fully saturated rings. The maximum Gasteiger partial charge on any atom is 0.347 e. The van der Waals surface area contributed by atoms with Crippen LogP contribution in [0.25, 0.3) is 17.0 Å². The van der Waals surface area contributed by atoms with E-state index in [1.807, 2.05) is 13.0 Å². The molecule has 2 heterocycles. The Morgan fingerprint density at radius 1 is 0.953 bits per heavy atom. The summed E-state index contributed by atoms with van der Waals surface area (Å²) in [6.45, 7) is 9.68. The van der Waals surface area contributed by atoms with Crippen molar-refractivity contribution in [3.8, 4) is 11.5 Å². The topological polar surface area (TPSA) is 103 Å². The summed E-state index contributed by atoms with van der Waals surface area (Å²) in [6, 6.07) is 11.9. The lowest BCUT2D eigenvalue weighted by Crippen LogP contribution is -2.23. The molecule has 43 heavy (non-hydrogen) atoms. The molecule has 0 radical (unpaired) electrons. The van der Waals surface area contributed by atoms with E-state index < -0.39 is 11.6 Å². The van der Waals surface area contributed by atoms with Crippen LogP contribution in [0.15, 0.2) is 62.5 Å². The second-order valence-electron chi connectivity index (χ2n) is 11.3. The van der Waals surface area contributed by atoms with Crippen LogP contribution in [0.3, 0.4) is 0 Å². The van der Waals surface area contributed by atoms with E-state index >= 15 is 0 Å². The average Bonchev–Trinajstić information content (AvgIpc) is 3.00. The van der Waals surface area contributed by atoms with Crippen LogP contribution in [0.5, 0.6) is 11.5 Å². The van der Waals surface area contributed by atoms with Crippen molar-refractivity contribution in [1.29, 1.82) is 0 Å². The van der Waals surface area contributed by atoms with Gasteiger partial charge in [0.05, 0.1) is 5.39 Å². The first-order valence-corrected chi connectivity index (χ1v) is 15.6. The van der Waals surface area contributed by atoms with Gasteiger partial charge in [-0.2, -0.15) is 0 Å².